The first-order chi connectivity index (χ1) is 20.6. The van der Waals surface area contributed by atoms with E-state index >= 15 is 0 Å². The highest BCUT2D eigenvalue weighted by molar-refractivity contribution is 7.90. The predicted octanol–water partition coefficient (Wildman–Crippen LogP) is 5.51. The summed E-state index contributed by atoms with van der Waals surface area (Å²) in [7, 11) is -2.38. The van der Waals surface area contributed by atoms with Crippen LogP contribution in [0, 0.1) is 17.8 Å². The molecule has 2 aromatic carbocycles. The second-order valence-electron chi connectivity index (χ2n) is 12.2. The first-order valence-corrected chi connectivity index (χ1v) is 17.2. The van der Waals surface area contributed by atoms with Crippen LogP contribution < -0.4 is 14.4 Å². The Morgan fingerprint density at radius 3 is 2.67 bits per heavy atom. The number of allylic oxidation sites excluding steroid dienone is 1. The molecule has 0 unspecified atom stereocenters. The number of methoxy groups -OCH3 is 1. The molecule has 2 heterocycles. The van der Waals surface area contributed by atoms with Crippen LogP contribution in [0.2, 0.25) is 5.02 Å². The number of anilines is 1. The minimum Gasteiger partial charge on any atom is -0.487 e. The molecule has 2 aliphatic heterocycles. The van der Waals surface area contributed by atoms with Crippen LogP contribution in [0.3, 0.4) is 0 Å². The third kappa shape index (κ3) is 7.22. The number of ether oxygens (including phenoxy) is 2. The van der Waals surface area contributed by atoms with E-state index in [1.807, 2.05) is 30.4 Å². The average molecular weight is 631 g/mol. The van der Waals surface area contributed by atoms with Gasteiger partial charge in [0.1, 0.15) is 12.4 Å². The van der Waals surface area contributed by atoms with Crippen molar-refractivity contribution >= 4 is 33.2 Å². The van der Waals surface area contributed by atoms with Gasteiger partial charge < -0.3 is 19.5 Å². The minimum atomic E-state index is -4.09. The zero-order valence-electron chi connectivity index (χ0n) is 25.2. The van der Waals surface area contributed by atoms with Crippen LogP contribution in [0.4, 0.5) is 5.69 Å². The molecule has 0 aromatic heterocycles. The Morgan fingerprint density at radius 1 is 1.14 bits per heavy atom. The fourth-order valence-electron chi connectivity index (χ4n) is 6.67. The number of aryl methyl sites for hydroxylation is 1. The van der Waals surface area contributed by atoms with Crippen LogP contribution in [0.15, 0.2) is 48.6 Å². The second kappa shape index (κ2) is 13.6. The number of hydrogen-bond acceptors (Lipinski definition) is 7. The van der Waals surface area contributed by atoms with Crippen LogP contribution >= 0.6 is 11.6 Å². The van der Waals surface area contributed by atoms with E-state index in [9.17, 15) is 18.3 Å². The molecule has 0 spiro atoms. The average Bonchev–Trinajstić information content (AvgIpc) is 2.98. The summed E-state index contributed by atoms with van der Waals surface area (Å²) in [5.74, 6) is 0.0292. The van der Waals surface area contributed by atoms with Gasteiger partial charge in [-0.05, 0) is 106 Å². The van der Waals surface area contributed by atoms with Crippen molar-refractivity contribution in [2.45, 2.75) is 76.4 Å². The molecule has 2 bridgehead atoms. The van der Waals surface area contributed by atoms with Gasteiger partial charge in [0, 0.05) is 36.7 Å². The molecule has 2 aromatic rings. The van der Waals surface area contributed by atoms with Gasteiger partial charge in [-0.1, -0.05) is 29.8 Å². The lowest BCUT2D eigenvalue weighted by atomic mass is 9.70. The molecule has 0 radical (unpaired) electrons. The highest BCUT2D eigenvalue weighted by Gasteiger charge is 2.38. The highest BCUT2D eigenvalue weighted by Crippen LogP contribution is 2.41. The number of rotatable bonds is 2. The Labute approximate surface area is 260 Å². The van der Waals surface area contributed by atoms with Crippen LogP contribution in [0.1, 0.15) is 67.4 Å². The third-order valence-corrected chi connectivity index (χ3v) is 11.6. The van der Waals surface area contributed by atoms with E-state index in [0.29, 0.717) is 35.6 Å². The van der Waals surface area contributed by atoms with Crippen molar-refractivity contribution in [3.8, 4) is 5.75 Å². The van der Waals surface area contributed by atoms with Gasteiger partial charge >= 0.3 is 0 Å². The lowest BCUT2D eigenvalue weighted by Crippen LogP contribution is -2.44. The van der Waals surface area contributed by atoms with Crippen molar-refractivity contribution in [3.63, 3.8) is 0 Å². The van der Waals surface area contributed by atoms with Gasteiger partial charge in [0.05, 0.1) is 23.1 Å². The molecule has 43 heavy (non-hydrogen) atoms. The van der Waals surface area contributed by atoms with Crippen molar-refractivity contribution in [1.82, 2.24) is 4.72 Å². The predicted molar refractivity (Wildman–Crippen MR) is 169 cm³/mol. The van der Waals surface area contributed by atoms with Crippen molar-refractivity contribution in [2.75, 3.05) is 25.1 Å². The molecular weight excluding hydrogens is 588 g/mol. The number of aliphatic hydroxyl groups is 1. The number of halogens is 1. The Kier molecular flexibility index (Phi) is 10.1. The summed E-state index contributed by atoms with van der Waals surface area (Å²) in [6.07, 6.45) is 8.18. The molecule has 8 nitrogen and oxygen atoms in total. The van der Waals surface area contributed by atoms with Crippen LogP contribution in [0.5, 0.6) is 5.75 Å². The fraction of sp³-hybridized carbons (Fsp3) is 0.545. The largest absolute Gasteiger partial charge is 0.487 e. The fourth-order valence-corrected chi connectivity index (χ4v) is 8.23. The molecule has 2 N–H and O–H groups in total. The number of carbonyl (C=O) groups is 1. The van der Waals surface area contributed by atoms with Crippen molar-refractivity contribution in [1.29, 1.82) is 0 Å². The van der Waals surface area contributed by atoms with E-state index in [4.69, 9.17) is 21.1 Å². The number of sulfonamides is 1. The maximum absolute atomic E-state index is 13.4. The van der Waals surface area contributed by atoms with E-state index in [0.717, 1.165) is 56.4 Å². The molecule has 234 valence electrons. The zero-order chi connectivity index (χ0) is 30.7. The molecule has 10 heteroatoms. The molecule has 0 saturated heterocycles. The number of fused-ring (bicyclic) bond motifs is 3. The first kappa shape index (κ1) is 31.8. The lowest BCUT2D eigenvalue weighted by molar-refractivity contribution is 0.0133. The summed E-state index contributed by atoms with van der Waals surface area (Å²) in [6.45, 7) is 5.01. The summed E-state index contributed by atoms with van der Waals surface area (Å²) >= 11 is 6.32. The molecule has 5 rings (SSSR count). The Morgan fingerprint density at radius 2 is 1.95 bits per heavy atom. The monoisotopic (exact) mass is 630 g/mol. The summed E-state index contributed by atoms with van der Waals surface area (Å²) < 4.78 is 41.3. The van der Waals surface area contributed by atoms with Crippen molar-refractivity contribution in [2.24, 2.45) is 17.8 Å². The van der Waals surface area contributed by atoms with Crippen LogP contribution in [-0.4, -0.2) is 57.1 Å². The zero-order valence-corrected chi connectivity index (χ0v) is 26.7. The van der Waals surface area contributed by atoms with E-state index in [2.05, 4.69) is 9.62 Å². The highest BCUT2D eigenvalue weighted by atomic mass is 35.5. The van der Waals surface area contributed by atoms with E-state index in [-0.39, 0.29) is 11.7 Å². The van der Waals surface area contributed by atoms with Gasteiger partial charge in [-0.15, -0.1) is 0 Å². The molecule has 1 fully saturated rings. The normalized spacial score (nSPS) is 29.4. The summed E-state index contributed by atoms with van der Waals surface area (Å²) in [6, 6.07) is 11.0. The van der Waals surface area contributed by atoms with Gasteiger partial charge in [0.2, 0.25) is 10.0 Å². The second-order valence-corrected chi connectivity index (χ2v) is 14.7. The topological polar surface area (TPSA) is 105 Å². The molecule has 1 amide bonds. The van der Waals surface area contributed by atoms with E-state index in [1.54, 1.807) is 32.2 Å². The number of nitrogens with zero attached hydrogens (tertiary/aromatic N) is 1. The Hall–Kier alpha value is -2.59. The number of amides is 1. The van der Waals surface area contributed by atoms with Crippen LogP contribution in [-0.2, 0) is 27.8 Å². The molecule has 1 saturated carbocycles. The lowest BCUT2D eigenvalue weighted by Gasteiger charge is -2.43. The molecule has 3 aliphatic rings. The maximum atomic E-state index is 13.4. The number of nitrogens with one attached hydrogen (secondary N) is 1. The number of benzene rings is 2. The van der Waals surface area contributed by atoms with E-state index < -0.39 is 33.2 Å². The van der Waals surface area contributed by atoms with E-state index in [1.165, 1.54) is 12.5 Å². The van der Waals surface area contributed by atoms with Gasteiger partial charge in [0.15, 0.2) is 0 Å². The number of carbonyl (C=O) groups excluding carboxylic acids is 1. The smallest absolute Gasteiger partial charge is 0.264 e. The first-order valence-electron chi connectivity index (χ1n) is 15.3. The Bertz CT molecular complexity index is 1440. The summed E-state index contributed by atoms with van der Waals surface area (Å²) in [5, 5.41) is 10.2. The van der Waals surface area contributed by atoms with Crippen molar-refractivity contribution < 1.29 is 27.8 Å². The number of aliphatic hydroxyl groups excluding tert-OH is 1. The van der Waals surface area contributed by atoms with Gasteiger partial charge in [-0.2, -0.15) is 0 Å². The van der Waals surface area contributed by atoms with Crippen molar-refractivity contribution in [3.05, 3.63) is 70.3 Å². The standard InChI is InChI=1S/C33H43ClN2O6S/c1-21(37)28-8-6-9-31(41-3)29-14-11-25(29)19-36-16-5-4-7-23-17-27(34)13-10-26(23)20-42-32-15-12-24(18-30(32)36)33(38)35-43(39,40)22(28)2/h6,9-10,12-13,15,17-18,21-22,25,28-29,31,37H,4-5,7-8,11,14,16,19-20H2,1-3H3,(H,35,38)/b9-6+/t21-,22-,25+,28-,29-,31+/m1/s1. The molecule has 1 aliphatic carbocycles. The molecular formula is C33H43ClN2O6S. The van der Waals surface area contributed by atoms with Gasteiger partial charge in [-0.25, -0.2) is 13.1 Å². The summed E-state index contributed by atoms with van der Waals surface area (Å²) in [4.78, 5) is 15.7. The maximum Gasteiger partial charge on any atom is 0.264 e. The van der Waals surface area contributed by atoms with Gasteiger partial charge in [0.25, 0.3) is 5.91 Å². The SMILES string of the molecule is CO[C@H]1/C=C/C[C@H]([C@@H](C)O)[C@@H](C)S(=O)(=O)NC(=O)c2ccc3c(c2)N(CCCCc2cc(Cl)ccc2CO3)C[C@@H]2CC[C@H]21. The molecule has 6 atom stereocenters. The quantitative estimate of drug-likeness (QED) is 0.422. The minimum absolute atomic E-state index is 0.113. The third-order valence-electron chi connectivity index (χ3n) is 9.54. The van der Waals surface area contributed by atoms with Crippen LogP contribution in [0.25, 0.3) is 0 Å². The number of hydrogen-bond donors (Lipinski definition) is 2. The Balaban J connectivity index is 1.55. The van der Waals surface area contributed by atoms with Gasteiger partial charge in [-0.3, -0.25) is 4.79 Å². The summed E-state index contributed by atoms with van der Waals surface area (Å²) in [5.41, 5.74) is 3.26.